The quantitative estimate of drug-likeness (QED) is 0.597. The molecule has 0 amide bonds. The van der Waals surface area contributed by atoms with Crippen LogP contribution in [0.15, 0.2) is 36.9 Å². The van der Waals surface area contributed by atoms with Gasteiger partial charge in [-0.05, 0) is 17.7 Å². The van der Waals surface area contributed by atoms with Crippen LogP contribution in [0.25, 0.3) is 0 Å². The zero-order valence-electron chi connectivity index (χ0n) is 13.5. The lowest BCUT2D eigenvalue weighted by Gasteiger charge is -2.37. The van der Waals surface area contributed by atoms with Gasteiger partial charge < -0.3 is 14.2 Å². The largest absolute Gasteiger partial charge is 0.497 e. The van der Waals surface area contributed by atoms with Crippen LogP contribution in [-0.4, -0.2) is 25.3 Å². The first-order chi connectivity index (χ1) is 10.5. The second-order valence-corrected chi connectivity index (χ2v) is 5.81. The van der Waals surface area contributed by atoms with Crippen LogP contribution >= 0.6 is 0 Å². The third-order valence-corrected chi connectivity index (χ3v) is 4.25. The number of carbonyl (C=O) groups excluding carboxylic acids is 1. The lowest BCUT2D eigenvalue weighted by molar-refractivity contribution is -0.176. The van der Waals surface area contributed by atoms with Gasteiger partial charge in [0.25, 0.3) is 0 Å². The summed E-state index contributed by atoms with van der Waals surface area (Å²) in [6, 6.07) is 7.74. The van der Waals surface area contributed by atoms with Crippen LogP contribution in [-0.2, 0) is 20.9 Å². The van der Waals surface area contributed by atoms with Crippen LogP contribution in [0.2, 0.25) is 0 Å². The maximum Gasteiger partial charge on any atom is 0.308 e. The molecule has 0 aliphatic carbocycles. The molecule has 0 N–H and O–H groups in total. The standard InChI is InChI=1S/C18H24O4/c1-5-12(2)18-13(3)16(10-17(19)22-18)21-11-14-6-8-15(20-4)9-7-14/h5-9,12-13,16,18H,1,10-11H2,2-4H3/t12-,13-,16+,18+/m1/s1. The second-order valence-electron chi connectivity index (χ2n) is 5.81. The molecule has 0 aromatic heterocycles. The Hall–Kier alpha value is -1.81. The lowest BCUT2D eigenvalue weighted by atomic mass is 9.85. The minimum Gasteiger partial charge on any atom is -0.497 e. The SMILES string of the molecule is C=C[C@@H](C)[C@@H]1OC(=O)C[C@H](OCc2ccc(OC)cc2)[C@H]1C. The topological polar surface area (TPSA) is 44.8 Å². The highest BCUT2D eigenvalue weighted by Crippen LogP contribution is 2.30. The van der Waals surface area contributed by atoms with Crippen molar-refractivity contribution in [3.8, 4) is 5.75 Å². The molecule has 1 saturated heterocycles. The zero-order chi connectivity index (χ0) is 16.1. The Morgan fingerprint density at radius 2 is 2.09 bits per heavy atom. The van der Waals surface area contributed by atoms with Gasteiger partial charge in [0.1, 0.15) is 11.9 Å². The van der Waals surface area contributed by atoms with Crippen molar-refractivity contribution in [2.75, 3.05) is 7.11 Å². The normalized spacial score (nSPS) is 26.1. The summed E-state index contributed by atoms with van der Waals surface area (Å²) in [5.41, 5.74) is 1.06. The summed E-state index contributed by atoms with van der Waals surface area (Å²) in [5.74, 6) is 0.880. The Labute approximate surface area is 132 Å². The van der Waals surface area contributed by atoms with E-state index in [1.807, 2.05) is 37.3 Å². The predicted octanol–water partition coefficient (Wildman–Crippen LogP) is 3.35. The van der Waals surface area contributed by atoms with E-state index in [4.69, 9.17) is 14.2 Å². The van der Waals surface area contributed by atoms with Crippen LogP contribution in [0.5, 0.6) is 5.75 Å². The fourth-order valence-electron chi connectivity index (χ4n) is 2.72. The molecule has 1 fully saturated rings. The highest BCUT2D eigenvalue weighted by molar-refractivity contribution is 5.71. The van der Waals surface area contributed by atoms with Crippen molar-refractivity contribution >= 4 is 5.97 Å². The molecule has 1 heterocycles. The summed E-state index contributed by atoms with van der Waals surface area (Å²) in [5, 5.41) is 0. The van der Waals surface area contributed by atoms with Gasteiger partial charge in [-0.1, -0.05) is 32.1 Å². The lowest BCUT2D eigenvalue weighted by Crippen LogP contribution is -2.44. The van der Waals surface area contributed by atoms with Gasteiger partial charge >= 0.3 is 5.97 Å². The molecular weight excluding hydrogens is 280 g/mol. The number of hydrogen-bond acceptors (Lipinski definition) is 4. The van der Waals surface area contributed by atoms with E-state index in [2.05, 4.69) is 13.5 Å². The van der Waals surface area contributed by atoms with E-state index in [1.54, 1.807) is 7.11 Å². The average Bonchev–Trinajstić information content (AvgIpc) is 2.55. The summed E-state index contributed by atoms with van der Waals surface area (Å²) >= 11 is 0. The molecule has 0 bridgehead atoms. The van der Waals surface area contributed by atoms with Crippen LogP contribution in [0.4, 0.5) is 0 Å². The Bertz CT molecular complexity index is 508. The Morgan fingerprint density at radius 3 is 2.68 bits per heavy atom. The van der Waals surface area contributed by atoms with Gasteiger partial charge in [-0.25, -0.2) is 0 Å². The number of hydrogen-bond donors (Lipinski definition) is 0. The number of ether oxygens (including phenoxy) is 3. The van der Waals surface area contributed by atoms with Gasteiger partial charge in [0.05, 0.1) is 26.2 Å². The molecule has 4 atom stereocenters. The van der Waals surface area contributed by atoms with Gasteiger partial charge in [-0.15, -0.1) is 6.58 Å². The molecular formula is C18H24O4. The molecule has 1 aliphatic heterocycles. The van der Waals surface area contributed by atoms with Gasteiger partial charge in [0.2, 0.25) is 0 Å². The molecule has 0 radical (unpaired) electrons. The van der Waals surface area contributed by atoms with Crippen molar-refractivity contribution in [3.63, 3.8) is 0 Å². The van der Waals surface area contributed by atoms with Gasteiger partial charge in [0, 0.05) is 11.8 Å². The summed E-state index contributed by atoms with van der Waals surface area (Å²) in [6.45, 7) is 8.33. The van der Waals surface area contributed by atoms with Crippen LogP contribution < -0.4 is 4.74 Å². The summed E-state index contributed by atoms with van der Waals surface area (Å²) in [4.78, 5) is 11.8. The maximum absolute atomic E-state index is 11.8. The fourth-order valence-corrected chi connectivity index (χ4v) is 2.72. The van der Waals surface area contributed by atoms with Gasteiger partial charge in [-0.2, -0.15) is 0 Å². The second kappa shape index (κ2) is 7.45. The van der Waals surface area contributed by atoms with Crippen molar-refractivity contribution < 1.29 is 19.0 Å². The predicted molar refractivity (Wildman–Crippen MR) is 84.6 cm³/mol. The summed E-state index contributed by atoms with van der Waals surface area (Å²) in [7, 11) is 1.64. The summed E-state index contributed by atoms with van der Waals surface area (Å²) < 4.78 is 16.6. The number of carbonyl (C=O) groups is 1. The van der Waals surface area contributed by atoms with Crippen LogP contribution in [0.3, 0.4) is 0 Å². The number of benzene rings is 1. The van der Waals surface area contributed by atoms with E-state index in [0.717, 1.165) is 11.3 Å². The van der Waals surface area contributed by atoms with Gasteiger partial charge in [-0.3, -0.25) is 4.79 Å². The van der Waals surface area contributed by atoms with Crippen molar-refractivity contribution in [2.45, 2.75) is 39.1 Å². The van der Waals surface area contributed by atoms with Crippen molar-refractivity contribution in [1.82, 2.24) is 0 Å². The number of methoxy groups -OCH3 is 1. The van der Waals surface area contributed by atoms with E-state index >= 15 is 0 Å². The highest BCUT2D eigenvalue weighted by Gasteiger charge is 2.38. The number of esters is 1. The molecule has 4 nitrogen and oxygen atoms in total. The van der Waals surface area contributed by atoms with E-state index in [0.29, 0.717) is 13.0 Å². The van der Waals surface area contributed by atoms with Gasteiger partial charge in [0.15, 0.2) is 0 Å². The van der Waals surface area contributed by atoms with Crippen molar-refractivity contribution in [2.24, 2.45) is 11.8 Å². The highest BCUT2D eigenvalue weighted by atomic mass is 16.6. The number of cyclic esters (lactones) is 1. The Morgan fingerprint density at radius 1 is 1.41 bits per heavy atom. The monoisotopic (exact) mass is 304 g/mol. The van der Waals surface area contributed by atoms with E-state index in [9.17, 15) is 4.79 Å². The van der Waals surface area contributed by atoms with E-state index in [-0.39, 0.29) is 30.0 Å². The first-order valence-corrected chi connectivity index (χ1v) is 7.61. The molecule has 0 spiro atoms. The average molecular weight is 304 g/mol. The maximum atomic E-state index is 11.8. The Balaban J connectivity index is 1.97. The molecule has 1 aromatic carbocycles. The minimum atomic E-state index is -0.198. The van der Waals surface area contributed by atoms with E-state index < -0.39 is 0 Å². The van der Waals surface area contributed by atoms with E-state index in [1.165, 1.54) is 0 Å². The van der Waals surface area contributed by atoms with Crippen molar-refractivity contribution in [1.29, 1.82) is 0 Å². The molecule has 120 valence electrons. The molecule has 4 heteroatoms. The molecule has 0 saturated carbocycles. The third kappa shape index (κ3) is 3.89. The zero-order valence-corrected chi connectivity index (χ0v) is 13.5. The van der Waals surface area contributed by atoms with Crippen molar-refractivity contribution in [3.05, 3.63) is 42.5 Å². The molecule has 2 rings (SSSR count). The smallest absolute Gasteiger partial charge is 0.308 e. The number of rotatable bonds is 6. The molecule has 0 unspecified atom stereocenters. The van der Waals surface area contributed by atoms with Crippen LogP contribution in [0.1, 0.15) is 25.8 Å². The minimum absolute atomic E-state index is 0.117. The molecule has 1 aliphatic rings. The van der Waals surface area contributed by atoms with Crippen LogP contribution in [0, 0.1) is 11.8 Å². The first kappa shape index (κ1) is 16.6. The fraction of sp³-hybridized carbons (Fsp3) is 0.500. The molecule has 1 aromatic rings. The molecule has 22 heavy (non-hydrogen) atoms. The summed E-state index contributed by atoms with van der Waals surface area (Å²) in [6.07, 6.45) is 1.83. The third-order valence-electron chi connectivity index (χ3n) is 4.25. The Kier molecular flexibility index (Phi) is 5.61. The first-order valence-electron chi connectivity index (χ1n) is 7.61.